The van der Waals surface area contributed by atoms with Crippen LogP contribution in [-0.4, -0.2) is 20.2 Å². The molecule has 1 aromatic heterocycles. The Bertz CT molecular complexity index is 581. The Balaban J connectivity index is 2.36. The molecule has 0 saturated heterocycles. The fourth-order valence-electron chi connectivity index (χ4n) is 1.85. The lowest BCUT2D eigenvalue weighted by Crippen LogP contribution is -2.16. The monoisotopic (exact) mass is 281 g/mol. The summed E-state index contributed by atoms with van der Waals surface area (Å²) in [6.07, 6.45) is 0.141. The van der Waals surface area contributed by atoms with Crippen LogP contribution < -0.4 is 9.46 Å². The number of benzene rings is 1. The Kier molecular flexibility index (Phi) is 4.34. The van der Waals surface area contributed by atoms with E-state index in [1.54, 1.807) is 7.11 Å². The van der Waals surface area contributed by atoms with Gasteiger partial charge >= 0.3 is 5.97 Å². The molecule has 0 fully saturated rings. The van der Waals surface area contributed by atoms with Crippen molar-refractivity contribution in [2.24, 2.45) is 0 Å². The van der Waals surface area contributed by atoms with Gasteiger partial charge in [0.15, 0.2) is 11.3 Å². The number of carbonyl (C=O) groups excluding carboxylic acids is 1. The Morgan fingerprint density at radius 1 is 1.47 bits per heavy atom. The molecule has 0 bridgehead atoms. The van der Waals surface area contributed by atoms with E-state index >= 15 is 0 Å². The van der Waals surface area contributed by atoms with Crippen molar-refractivity contribution < 1.29 is 18.7 Å². The highest BCUT2D eigenvalue weighted by Crippen LogP contribution is 2.32. The van der Waals surface area contributed by atoms with Gasteiger partial charge in [0, 0.05) is 5.39 Å². The Morgan fingerprint density at radius 2 is 2.26 bits per heavy atom. The Hall–Kier alpha value is -1.66. The number of furan rings is 1. The zero-order valence-electron chi connectivity index (χ0n) is 10.7. The molecular formula is C13H15NO4S. The fourth-order valence-corrected chi connectivity index (χ4v) is 2.07. The minimum atomic E-state index is -0.354. The summed E-state index contributed by atoms with van der Waals surface area (Å²) < 4.78 is 18.4. The number of methoxy groups -OCH3 is 2. The van der Waals surface area contributed by atoms with E-state index in [0.29, 0.717) is 17.1 Å². The van der Waals surface area contributed by atoms with Crippen LogP contribution in [0, 0.1) is 0 Å². The molecule has 1 atom stereocenters. The maximum absolute atomic E-state index is 11.3. The highest BCUT2D eigenvalue weighted by molar-refractivity contribution is 7.78. The van der Waals surface area contributed by atoms with Gasteiger partial charge in [-0.05, 0) is 12.1 Å². The molecule has 0 spiro atoms. The number of carbonyl (C=O) groups is 1. The molecule has 1 N–H and O–H groups in total. The SMILES string of the molecule is COC(=O)CC(NS)c1cc2cccc(OC)c2o1. The van der Waals surface area contributed by atoms with Gasteiger partial charge in [-0.25, -0.2) is 0 Å². The second-order valence-corrected chi connectivity index (χ2v) is 4.25. The van der Waals surface area contributed by atoms with Crippen molar-refractivity contribution in [3.8, 4) is 5.75 Å². The third-order valence-electron chi connectivity index (χ3n) is 2.84. The first-order chi connectivity index (χ1) is 9.19. The van der Waals surface area contributed by atoms with Crippen LogP contribution in [0.15, 0.2) is 28.7 Å². The summed E-state index contributed by atoms with van der Waals surface area (Å²) in [6.45, 7) is 0. The van der Waals surface area contributed by atoms with Gasteiger partial charge in [-0.3, -0.25) is 9.52 Å². The smallest absolute Gasteiger partial charge is 0.307 e. The van der Waals surface area contributed by atoms with E-state index in [0.717, 1.165) is 5.39 Å². The maximum Gasteiger partial charge on any atom is 0.307 e. The third-order valence-corrected chi connectivity index (χ3v) is 3.16. The molecular weight excluding hydrogens is 266 g/mol. The summed E-state index contributed by atoms with van der Waals surface area (Å²) in [4.78, 5) is 11.3. The summed E-state index contributed by atoms with van der Waals surface area (Å²) in [7, 11) is 2.93. The predicted molar refractivity (Wildman–Crippen MR) is 74.3 cm³/mol. The van der Waals surface area contributed by atoms with Gasteiger partial charge in [0.25, 0.3) is 0 Å². The molecule has 2 aromatic rings. The first-order valence-corrected chi connectivity index (χ1v) is 6.17. The van der Waals surface area contributed by atoms with Crippen molar-refractivity contribution >= 4 is 29.8 Å². The molecule has 6 heteroatoms. The van der Waals surface area contributed by atoms with Crippen molar-refractivity contribution in [3.05, 3.63) is 30.0 Å². The summed E-state index contributed by atoms with van der Waals surface area (Å²) >= 11 is 4.02. The molecule has 0 amide bonds. The molecule has 0 aliphatic carbocycles. The lowest BCUT2D eigenvalue weighted by atomic mass is 10.1. The van der Waals surface area contributed by atoms with E-state index in [4.69, 9.17) is 9.15 Å². The molecule has 0 aliphatic rings. The summed E-state index contributed by atoms with van der Waals surface area (Å²) in [5, 5.41) is 0.910. The van der Waals surface area contributed by atoms with Crippen LogP contribution in [0.25, 0.3) is 11.0 Å². The number of rotatable bonds is 5. The second-order valence-electron chi connectivity index (χ2n) is 3.99. The summed E-state index contributed by atoms with van der Waals surface area (Å²) in [6, 6.07) is 7.11. The average molecular weight is 281 g/mol. The van der Waals surface area contributed by atoms with E-state index in [1.807, 2.05) is 24.3 Å². The number of nitrogens with one attached hydrogen (secondary N) is 1. The highest BCUT2D eigenvalue weighted by Gasteiger charge is 2.20. The molecule has 0 aliphatic heterocycles. The topological polar surface area (TPSA) is 60.7 Å². The molecule has 19 heavy (non-hydrogen) atoms. The van der Waals surface area contributed by atoms with E-state index in [2.05, 4.69) is 22.3 Å². The number of hydrogen-bond donors (Lipinski definition) is 2. The van der Waals surface area contributed by atoms with Crippen LogP contribution >= 0.6 is 12.8 Å². The van der Waals surface area contributed by atoms with Crippen LogP contribution in [-0.2, 0) is 9.53 Å². The minimum absolute atomic E-state index is 0.141. The van der Waals surface area contributed by atoms with Crippen molar-refractivity contribution in [1.82, 2.24) is 4.72 Å². The molecule has 102 valence electrons. The van der Waals surface area contributed by atoms with Crippen LogP contribution in [0.4, 0.5) is 0 Å². The standard InChI is InChI=1S/C13H15NO4S/c1-16-10-5-3-4-8-6-11(18-13(8)10)9(14-19)7-12(15)17-2/h3-6,9,14,19H,7H2,1-2H3. The predicted octanol–water partition coefficient (Wildman–Crippen LogP) is 2.48. The molecule has 0 radical (unpaired) electrons. The number of para-hydroxylation sites is 1. The van der Waals surface area contributed by atoms with Crippen molar-refractivity contribution in [3.63, 3.8) is 0 Å². The zero-order chi connectivity index (χ0) is 13.8. The van der Waals surface area contributed by atoms with Gasteiger partial charge in [0.05, 0.1) is 26.7 Å². The first kappa shape index (κ1) is 13.8. The summed E-state index contributed by atoms with van der Waals surface area (Å²) in [5.74, 6) is 0.929. The number of ether oxygens (including phenoxy) is 2. The lowest BCUT2D eigenvalue weighted by molar-refractivity contribution is -0.141. The minimum Gasteiger partial charge on any atom is -0.493 e. The highest BCUT2D eigenvalue weighted by atomic mass is 32.1. The van der Waals surface area contributed by atoms with Crippen molar-refractivity contribution in [1.29, 1.82) is 0 Å². The van der Waals surface area contributed by atoms with Crippen molar-refractivity contribution in [2.45, 2.75) is 12.5 Å². The number of fused-ring (bicyclic) bond motifs is 1. The molecule has 1 heterocycles. The van der Waals surface area contributed by atoms with Gasteiger partial charge < -0.3 is 13.9 Å². The van der Waals surface area contributed by atoms with Gasteiger partial charge in [-0.2, -0.15) is 0 Å². The average Bonchev–Trinajstić information content (AvgIpc) is 2.87. The number of esters is 1. The fraction of sp³-hybridized carbons (Fsp3) is 0.308. The van der Waals surface area contributed by atoms with Crippen LogP contribution in [0.5, 0.6) is 5.75 Å². The third kappa shape index (κ3) is 2.85. The van der Waals surface area contributed by atoms with Crippen molar-refractivity contribution in [2.75, 3.05) is 14.2 Å². The van der Waals surface area contributed by atoms with E-state index in [9.17, 15) is 4.79 Å². The largest absolute Gasteiger partial charge is 0.493 e. The molecule has 1 unspecified atom stereocenters. The number of thiol groups is 1. The van der Waals surface area contributed by atoms with E-state index in [1.165, 1.54) is 7.11 Å². The second kappa shape index (κ2) is 5.99. The lowest BCUT2D eigenvalue weighted by Gasteiger charge is -2.10. The van der Waals surface area contributed by atoms with E-state index in [-0.39, 0.29) is 18.4 Å². The van der Waals surface area contributed by atoms with Gasteiger partial charge in [0.2, 0.25) is 0 Å². The van der Waals surface area contributed by atoms with Gasteiger partial charge in [-0.15, -0.1) is 0 Å². The molecule has 0 saturated carbocycles. The number of hydrogen-bond acceptors (Lipinski definition) is 6. The molecule has 2 rings (SSSR count). The Labute approximate surface area is 116 Å². The normalized spacial score (nSPS) is 12.4. The maximum atomic E-state index is 11.3. The Morgan fingerprint density at radius 3 is 2.89 bits per heavy atom. The zero-order valence-corrected chi connectivity index (χ0v) is 11.6. The van der Waals surface area contributed by atoms with Gasteiger partial charge in [-0.1, -0.05) is 24.9 Å². The van der Waals surface area contributed by atoms with Crippen LogP contribution in [0.1, 0.15) is 18.2 Å². The van der Waals surface area contributed by atoms with Crippen LogP contribution in [0.3, 0.4) is 0 Å². The quantitative estimate of drug-likeness (QED) is 0.651. The first-order valence-electron chi connectivity index (χ1n) is 5.72. The van der Waals surface area contributed by atoms with E-state index < -0.39 is 0 Å². The van der Waals surface area contributed by atoms with Crippen LogP contribution in [0.2, 0.25) is 0 Å². The van der Waals surface area contributed by atoms with Gasteiger partial charge in [0.1, 0.15) is 5.76 Å². The molecule has 1 aromatic carbocycles. The molecule has 5 nitrogen and oxygen atoms in total. The summed E-state index contributed by atoms with van der Waals surface area (Å²) in [5.41, 5.74) is 0.651.